The summed E-state index contributed by atoms with van der Waals surface area (Å²) in [6.07, 6.45) is 0. The number of rotatable bonds is 5. The van der Waals surface area contributed by atoms with E-state index in [2.05, 4.69) is 20.6 Å². The highest BCUT2D eigenvalue weighted by Gasteiger charge is 2.11. The lowest BCUT2D eigenvalue weighted by Gasteiger charge is -2.10. The number of aromatic nitrogens is 2. The normalized spacial score (nSPS) is 10.6. The van der Waals surface area contributed by atoms with E-state index in [1.807, 2.05) is 13.8 Å². The van der Waals surface area contributed by atoms with Crippen LogP contribution < -0.4 is 10.6 Å². The van der Waals surface area contributed by atoms with Gasteiger partial charge in [0.05, 0.1) is 0 Å². The third kappa shape index (κ3) is 4.51. The molecule has 116 valence electrons. The molecule has 1 aromatic heterocycles. The van der Waals surface area contributed by atoms with Crippen molar-refractivity contribution in [2.24, 2.45) is 5.92 Å². The number of carbonyl (C=O) groups is 1. The Morgan fingerprint density at radius 1 is 1.23 bits per heavy atom. The number of anilines is 2. The van der Waals surface area contributed by atoms with Crippen LogP contribution in [0.3, 0.4) is 0 Å². The van der Waals surface area contributed by atoms with Crippen molar-refractivity contribution >= 4 is 17.4 Å². The van der Waals surface area contributed by atoms with E-state index in [4.69, 9.17) is 0 Å². The van der Waals surface area contributed by atoms with Crippen LogP contribution in [0.4, 0.5) is 15.9 Å². The van der Waals surface area contributed by atoms with Crippen LogP contribution in [0.1, 0.15) is 30.2 Å². The van der Waals surface area contributed by atoms with Crippen LogP contribution in [0.25, 0.3) is 0 Å². The molecule has 0 bridgehead atoms. The molecule has 6 heteroatoms. The van der Waals surface area contributed by atoms with Gasteiger partial charge < -0.3 is 10.6 Å². The number of benzene rings is 1. The van der Waals surface area contributed by atoms with Gasteiger partial charge in [-0.3, -0.25) is 4.79 Å². The molecule has 0 saturated heterocycles. The van der Waals surface area contributed by atoms with Crippen molar-refractivity contribution in [2.75, 3.05) is 11.9 Å². The number of amides is 1. The van der Waals surface area contributed by atoms with E-state index in [0.29, 0.717) is 35.5 Å². The van der Waals surface area contributed by atoms with Crippen molar-refractivity contribution in [1.82, 2.24) is 15.3 Å². The topological polar surface area (TPSA) is 66.9 Å². The summed E-state index contributed by atoms with van der Waals surface area (Å²) in [7, 11) is 0. The molecule has 1 amide bonds. The number of nitrogens with zero attached hydrogens (tertiary/aromatic N) is 2. The molecule has 0 atom stereocenters. The first-order valence-electron chi connectivity index (χ1n) is 7.10. The number of nitrogens with one attached hydrogen (secondary N) is 2. The van der Waals surface area contributed by atoms with Gasteiger partial charge in [-0.2, -0.15) is 0 Å². The van der Waals surface area contributed by atoms with Crippen molar-refractivity contribution in [2.45, 2.75) is 20.8 Å². The Labute approximate surface area is 129 Å². The molecule has 0 unspecified atom stereocenters. The van der Waals surface area contributed by atoms with Crippen LogP contribution in [0.15, 0.2) is 30.3 Å². The second kappa shape index (κ2) is 6.98. The van der Waals surface area contributed by atoms with E-state index < -0.39 is 0 Å². The second-order valence-electron chi connectivity index (χ2n) is 5.42. The quantitative estimate of drug-likeness (QED) is 0.891. The maximum Gasteiger partial charge on any atom is 0.270 e. The van der Waals surface area contributed by atoms with Gasteiger partial charge in [0.2, 0.25) is 0 Å². The molecule has 2 rings (SSSR count). The molecule has 0 aliphatic carbocycles. The molecule has 0 aliphatic rings. The Morgan fingerprint density at radius 3 is 2.55 bits per heavy atom. The van der Waals surface area contributed by atoms with Gasteiger partial charge in [-0.05, 0) is 37.1 Å². The number of hydrogen-bond acceptors (Lipinski definition) is 4. The summed E-state index contributed by atoms with van der Waals surface area (Å²) in [6, 6.07) is 7.49. The fraction of sp³-hybridized carbons (Fsp3) is 0.312. The molecule has 2 N–H and O–H groups in total. The fourth-order valence-electron chi connectivity index (χ4n) is 1.82. The Morgan fingerprint density at radius 2 is 1.91 bits per heavy atom. The molecule has 5 nitrogen and oxygen atoms in total. The Balaban J connectivity index is 2.15. The molecule has 1 heterocycles. The van der Waals surface area contributed by atoms with Gasteiger partial charge >= 0.3 is 0 Å². The van der Waals surface area contributed by atoms with Crippen LogP contribution in [-0.2, 0) is 0 Å². The smallest absolute Gasteiger partial charge is 0.270 e. The maximum absolute atomic E-state index is 12.9. The van der Waals surface area contributed by atoms with Crippen molar-refractivity contribution in [1.29, 1.82) is 0 Å². The van der Waals surface area contributed by atoms with E-state index >= 15 is 0 Å². The molecular weight excluding hydrogens is 283 g/mol. The summed E-state index contributed by atoms with van der Waals surface area (Å²) in [6.45, 7) is 6.34. The number of hydrogen-bond donors (Lipinski definition) is 2. The standard InChI is InChI=1S/C16H19FN4O/c1-10(2)9-18-16(22)14-8-15(20-11(3)19-14)21-13-6-4-12(17)5-7-13/h4-8,10H,9H2,1-3H3,(H,18,22)(H,19,20,21). The first-order valence-corrected chi connectivity index (χ1v) is 7.10. The van der Waals surface area contributed by atoms with Crippen molar-refractivity contribution in [3.63, 3.8) is 0 Å². The van der Waals surface area contributed by atoms with Crippen molar-refractivity contribution < 1.29 is 9.18 Å². The number of carbonyl (C=O) groups excluding carboxylic acids is 1. The van der Waals surface area contributed by atoms with Gasteiger partial charge in [0.15, 0.2) is 0 Å². The van der Waals surface area contributed by atoms with Gasteiger partial charge in [-0.1, -0.05) is 13.8 Å². The average molecular weight is 302 g/mol. The fourth-order valence-corrected chi connectivity index (χ4v) is 1.82. The van der Waals surface area contributed by atoms with E-state index in [0.717, 1.165) is 0 Å². The third-order valence-electron chi connectivity index (χ3n) is 2.86. The van der Waals surface area contributed by atoms with Crippen LogP contribution in [0.2, 0.25) is 0 Å². The van der Waals surface area contributed by atoms with Crippen LogP contribution in [0, 0.1) is 18.7 Å². The van der Waals surface area contributed by atoms with Crippen LogP contribution in [-0.4, -0.2) is 22.4 Å². The molecule has 1 aromatic carbocycles. The predicted octanol–water partition coefficient (Wildman–Crippen LogP) is 3.05. The zero-order valence-electron chi connectivity index (χ0n) is 12.9. The summed E-state index contributed by atoms with van der Waals surface area (Å²) in [5.41, 5.74) is 0.991. The van der Waals surface area contributed by atoms with Gasteiger partial charge in [0.25, 0.3) is 5.91 Å². The first kappa shape index (κ1) is 15.9. The minimum Gasteiger partial charge on any atom is -0.350 e. The SMILES string of the molecule is Cc1nc(Nc2ccc(F)cc2)cc(C(=O)NCC(C)C)n1. The van der Waals surface area contributed by atoms with E-state index in [-0.39, 0.29) is 11.7 Å². The van der Waals surface area contributed by atoms with Gasteiger partial charge in [-0.25, -0.2) is 14.4 Å². The minimum absolute atomic E-state index is 0.235. The van der Waals surface area contributed by atoms with Crippen molar-refractivity contribution in [3.8, 4) is 0 Å². The number of halogens is 1. The first-order chi connectivity index (χ1) is 10.4. The molecular formula is C16H19FN4O. The summed E-state index contributed by atoms with van der Waals surface area (Å²) in [5.74, 6) is 0.804. The molecule has 0 fully saturated rings. The highest BCUT2D eigenvalue weighted by molar-refractivity contribution is 5.93. The average Bonchev–Trinajstić information content (AvgIpc) is 2.46. The highest BCUT2D eigenvalue weighted by Crippen LogP contribution is 2.16. The lowest BCUT2D eigenvalue weighted by atomic mass is 10.2. The second-order valence-corrected chi connectivity index (χ2v) is 5.42. The Hall–Kier alpha value is -2.50. The minimum atomic E-state index is -0.307. The molecule has 2 aromatic rings. The zero-order chi connectivity index (χ0) is 16.1. The largest absolute Gasteiger partial charge is 0.350 e. The third-order valence-corrected chi connectivity index (χ3v) is 2.86. The van der Waals surface area contributed by atoms with Gasteiger partial charge in [0, 0.05) is 18.3 Å². The van der Waals surface area contributed by atoms with Gasteiger partial charge in [0.1, 0.15) is 23.2 Å². The summed E-state index contributed by atoms with van der Waals surface area (Å²) >= 11 is 0. The van der Waals surface area contributed by atoms with Crippen LogP contribution >= 0.6 is 0 Å². The Kier molecular flexibility index (Phi) is 5.04. The van der Waals surface area contributed by atoms with Crippen LogP contribution in [0.5, 0.6) is 0 Å². The van der Waals surface area contributed by atoms with Crippen molar-refractivity contribution in [3.05, 3.63) is 47.7 Å². The maximum atomic E-state index is 12.9. The van der Waals surface area contributed by atoms with E-state index in [1.165, 1.54) is 12.1 Å². The summed E-state index contributed by atoms with van der Waals surface area (Å²) in [4.78, 5) is 20.4. The zero-order valence-corrected chi connectivity index (χ0v) is 12.9. The molecule has 0 saturated carbocycles. The predicted molar refractivity (Wildman–Crippen MR) is 83.6 cm³/mol. The lowest BCUT2D eigenvalue weighted by Crippen LogP contribution is -2.28. The molecule has 0 spiro atoms. The Bertz CT molecular complexity index is 656. The molecule has 0 radical (unpaired) electrons. The monoisotopic (exact) mass is 302 g/mol. The number of aryl methyl sites for hydroxylation is 1. The van der Waals surface area contributed by atoms with Gasteiger partial charge in [-0.15, -0.1) is 0 Å². The lowest BCUT2D eigenvalue weighted by molar-refractivity contribution is 0.0943. The molecule has 0 aliphatic heterocycles. The van der Waals surface area contributed by atoms with E-state index in [9.17, 15) is 9.18 Å². The molecule has 22 heavy (non-hydrogen) atoms. The summed E-state index contributed by atoms with van der Waals surface area (Å²) in [5, 5.41) is 5.85. The van der Waals surface area contributed by atoms with E-state index in [1.54, 1.807) is 25.1 Å². The highest BCUT2D eigenvalue weighted by atomic mass is 19.1. The summed E-state index contributed by atoms with van der Waals surface area (Å²) < 4.78 is 12.9.